The van der Waals surface area contributed by atoms with Gasteiger partial charge in [-0.25, -0.2) is 9.97 Å². The van der Waals surface area contributed by atoms with Crippen molar-refractivity contribution in [3.8, 4) is 0 Å². The van der Waals surface area contributed by atoms with E-state index in [1.54, 1.807) is 18.6 Å². The molecule has 118 valence electrons. The summed E-state index contributed by atoms with van der Waals surface area (Å²) in [6, 6.07) is 5.61. The number of nitrogens with one attached hydrogen (secondary N) is 1. The molecule has 0 saturated carbocycles. The topological polar surface area (TPSA) is 72.2 Å². The molecule has 0 aliphatic carbocycles. The van der Waals surface area contributed by atoms with Gasteiger partial charge in [-0.2, -0.15) is 0 Å². The highest BCUT2D eigenvalue weighted by Gasteiger charge is 2.16. The third kappa shape index (κ3) is 3.71. The summed E-state index contributed by atoms with van der Waals surface area (Å²) in [6.07, 6.45) is 10.9. The van der Waals surface area contributed by atoms with Crippen molar-refractivity contribution in [1.29, 1.82) is 0 Å². The van der Waals surface area contributed by atoms with E-state index in [0.717, 1.165) is 17.7 Å². The van der Waals surface area contributed by atoms with Crippen LogP contribution in [0.25, 0.3) is 5.78 Å². The number of nitrogens with zero attached hydrogens (tertiary/aromatic N) is 4. The summed E-state index contributed by atoms with van der Waals surface area (Å²) < 4.78 is 1.86. The molecule has 6 nitrogen and oxygen atoms in total. The van der Waals surface area contributed by atoms with Crippen molar-refractivity contribution in [2.75, 3.05) is 0 Å². The minimum absolute atomic E-state index is 0.0192. The average molecular weight is 309 g/mol. The van der Waals surface area contributed by atoms with Crippen molar-refractivity contribution < 1.29 is 4.79 Å². The van der Waals surface area contributed by atoms with Crippen LogP contribution in [-0.4, -0.2) is 25.3 Å². The highest BCUT2D eigenvalue weighted by molar-refractivity contribution is 5.76. The fraction of sp³-hybridized carbons (Fsp3) is 0.294. The van der Waals surface area contributed by atoms with Crippen LogP contribution >= 0.6 is 0 Å². The van der Waals surface area contributed by atoms with Crippen LogP contribution in [0.3, 0.4) is 0 Å². The minimum Gasteiger partial charge on any atom is -0.348 e. The normalized spacial score (nSPS) is 12.2. The average Bonchev–Trinajstić information content (AvgIpc) is 3.02. The quantitative estimate of drug-likeness (QED) is 0.758. The number of fused-ring (bicyclic) bond motifs is 1. The van der Waals surface area contributed by atoms with Gasteiger partial charge < -0.3 is 5.32 Å². The Morgan fingerprint density at radius 1 is 1.35 bits per heavy atom. The monoisotopic (exact) mass is 309 g/mol. The molecule has 0 fully saturated rings. The van der Waals surface area contributed by atoms with E-state index < -0.39 is 0 Å². The molecule has 0 aliphatic heterocycles. The first-order chi connectivity index (χ1) is 11.3. The van der Waals surface area contributed by atoms with Gasteiger partial charge in [0.1, 0.15) is 0 Å². The number of imidazole rings is 1. The summed E-state index contributed by atoms with van der Waals surface area (Å²) in [6.45, 7) is 2.03. The van der Waals surface area contributed by atoms with Gasteiger partial charge in [-0.05, 0) is 30.5 Å². The summed E-state index contributed by atoms with van der Waals surface area (Å²) in [4.78, 5) is 24.9. The molecule has 1 atom stereocenters. The lowest BCUT2D eigenvalue weighted by Crippen LogP contribution is -2.28. The van der Waals surface area contributed by atoms with Crippen molar-refractivity contribution in [2.24, 2.45) is 0 Å². The minimum atomic E-state index is -0.0990. The Morgan fingerprint density at radius 3 is 3.00 bits per heavy atom. The van der Waals surface area contributed by atoms with E-state index in [4.69, 9.17) is 0 Å². The fourth-order valence-electron chi connectivity index (χ4n) is 2.47. The summed E-state index contributed by atoms with van der Waals surface area (Å²) in [5.41, 5.74) is 1.90. The Labute approximate surface area is 134 Å². The van der Waals surface area contributed by atoms with Crippen LogP contribution in [0.1, 0.15) is 37.1 Å². The van der Waals surface area contributed by atoms with Gasteiger partial charge in [0.15, 0.2) is 0 Å². The SMILES string of the molecule is CC[C@H](NC(=O)CCc1cccnc1)c1cn2cccnc2n1. The van der Waals surface area contributed by atoms with Gasteiger partial charge in [-0.3, -0.25) is 14.2 Å². The number of rotatable bonds is 6. The van der Waals surface area contributed by atoms with Crippen molar-refractivity contribution in [3.63, 3.8) is 0 Å². The zero-order chi connectivity index (χ0) is 16.1. The number of carbonyl (C=O) groups is 1. The summed E-state index contributed by atoms with van der Waals surface area (Å²) in [5.74, 6) is 0.663. The molecule has 3 aromatic heterocycles. The molecular formula is C17H19N5O. The largest absolute Gasteiger partial charge is 0.348 e. The predicted octanol–water partition coefficient (Wildman–Crippen LogP) is 2.32. The number of pyridine rings is 1. The molecule has 0 unspecified atom stereocenters. The van der Waals surface area contributed by atoms with E-state index in [1.807, 2.05) is 41.9 Å². The molecule has 0 aromatic carbocycles. The van der Waals surface area contributed by atoms with E-state index in [1.165, 1.54) is 0 Å². The lowest BCUT2D eigenvalue weighted by molar-refractivity contribution is -0.121. The second-order valence-corrected chi connectivity index (χ2v) is 5.38. The maximum absolute atomic E-state index is 12.2. The first-order valence-corrected chi connectivity index (χ1v) is 7.74. The van der Waals surface area contributed by atoms with Crippen molar-refractivity contribution in [2.45, 2.75) is 32.2 Å². The van der Waals surface area contributed by atoms with Crippen molar-refractivity contribution >= 4 is 11.7 Å². The molecule has 0 radical (unpaired) electrons. The third-order valence-corrected chi connectivity index (χ3v) is 3.72. The van der Waals surface area contributed by atoms with Crippen LogP contribution in [-0.2, 0) is 11.2 Å². The number of amides is 1. The van der Waals surface area contributed by atoms with E-state index in [9.17, 15) is 4.79 Å². The number of hydrogen-bond acceptors (Lipinski definition) is 4. The van der Waals surface area contributed by atoms with Gasteiger partial charge in [0, 0.05) is 37.4 Å². The smallest absolute Gasteiger partial charge is 0.233 e. The zero-order valence-corrected chi connectivity index (χ0v) is 13.0. The third-order valence-electron chi connectivity index (χ3n) is 3.72. The van der Waals surface area contributed by atoms with E-state index >= 15 is 0 Å². The molecule has 1 amide bonds. The van der Waals surface area contributed by atoms with E-state index in [0.29, 0.717) is 18.6 Å². The van der Waals surface area contributed by atoms with E-state index in [-0.39, 0.29) is 11.9 Å². The van der Waals surface area contributed by atoms with Gasteiger partial charge >= 0.3 is 0 Å². The van der Waals surface area contributed by atoms with Gasteiger partial charge in [-0.1, -0.05) is 13.0 Å². The summed E-state index contributed by atoms with van der Waals surface area (Å²) in [7, 11) is 0. The van der Waals surface area contributed by atoms with Gasteiger partial charge in [0.25, 0.3) is 0 Å². The molecule has 3 aromatic rings. The van der Waals surface area contributed by atoms with Gasteiger partial charge in [0.05, 0.1) is 11.7 Å². The lowest BCUT2D eigenvalue weighted by atomic mass is 10.1. The molecule has 23 heavy (non-hydrogen) atoms. The van der Waals surface area contributed by atoms with Crippen LogP contribution in [0, 0.1) is 0 Å². The molecule has 0 saturated heterocycles. The lowest BCUT2D eigenvalue weighted by Gasteiger charge is -2.14. The highest BCUT2D eigenvalue weighted by Crippen LogP contribution is 2.16. The molecule has 0 bridgehead atoms. The first kappa shape index (κ1) is 15.1. The Hall–Kier alpha value is -2.76. The van der Waals surface area contributed by atoms with Crippen molar-refractivity contribution in [3.05, 3.63) is 60.4 Å². The van der Waals surface area contributed by atoms with Gasteiger partial charge in [-0.15, -0.1) is 0 Å². The van der Waals surface area contributed by atoms with Crippen LogP contribution in [0.15, 0.2) is 49.2 Å². The Kier molecular flexibility index (Phi) is 4.61. The first-order valence-electron chi connectivity index (χ1n) is 7.74. The number of aryl methyl sites for hydroxylation is 1. The zero-order valence-electron chi connectivity index (χ0n) is 13.0. The molecule has 6 heteroatoms. The van der Waals surface area contributed by atoms with Crippen LogP contribution in [0.5, 0.6) is 0 Å². The second kappa shape index (κ2) is 7.00. The highest BCUT2D eigenvalue weighted by atomic mass is 16.1. The molecule has 1 N–H and O–H groups in total. The number of carbonyl (C=O) groups excluding carboxylic acids is 1. The fourth-order valence-corrected chi connectivity index (χ4v) is 2.47. The Morgan fingerprint density at radius 2 is 2.26 bits per heavy atom. The molecule has 0 spiro atoms. The Balaban J connectivity index is 1.63. The van der Waals surface area contributed by atoms with Crippen LogP contribution < -0.4 is 5.32 Å². The van der Waals surface area contributed by atoms with Crippen LogP contribution in [0.2, 0.25) is 0 Å². The predicted molar refractivity (Wildman–Crippen MR) is 86.7 cm³/mol. The maximum Gasteiger partial charge on any atom is 0.233 e. The molecule has 3 rings (SSSR count). The van der Waals surface area contributed by atoms with Gasteiger partial charge in [0.2, 0.25) is 11.7 Å². The number of aromatic nitrogens is 4. The van der Waals surface area contributed by atoms with E-state index in [2.05, 4.69) is 20.3 Å². The summed E-state index contributed by atoms with van der Waals surface area (Å²) in [5, 5.41) is 3.05. The molecular weight excluding hydrogens is 290 g/mol. The van der Waals surface area contributed by atoms with Crippen molar-refractivity contribution in [1.82, 2.24) is 24.7 Å². The molecule has 3 heterocycles. The standard InChI is InChI=1S/C17H19N5O/c1-2-14(15-12-22-10-4-9-19-17(22)21-15)20-16(23)7-6-13-5-3-8-18-11-13/h3-5,8-12,14H,2,6-7H2,1H3,(H,20,23)/t14-/m0/s1. The van der Waals surface area contributed by atoms with Crippen LogP contribution in [0.4, 0.5) is 0 Å². The maximum atomic E-state index is 12.2. The summed E-state index contributed by atoms with van der Waals surface area (Å²) >= 11 is 0. The number of hydrogen-bond donors (Lipinski definition) is 1. The Bertz CT molecular complexity index is 751. The molecule has 0 aliphatic rings. The second-order valence-electron chi connectivity index (χ2n) is 5.38.